The van der Waals surface area contributed by atoms with Crippen LogP contribution in [0.5, 0.6) is 0 Å². The van der Waals surface area contributed by atoms with Crippen molar-refractivity contribution in [1.82, 2.24) is 20.0 Å². The molecule has 110 valence electrons. The summed E-state index contributed by atoms with van der Waals surface area (Å²) in [6.07, 6.45) is -3.32. The van der Waals surface area contributed by atoms with E-state index in [0.717, 1.165) is 0 Å². The van der Waals surface area contributed by atoms with Crippen molar-refractivity contribution in [3.8, 4) is 0 Å². The molecule has 1 amide bonds. The summed E-state index contributed by atoms with van der Waals surface area (Å²) in [5.41, 5.74) is -0.130. The highest BCUT2D eigenvalue weighted by Crippen LogP contribution is 2.34. The minimum absolute atomic E-state index is 0.00879. The van der Waals surface area contributed by atoms with E-state index in [0.29, 0.717) is 31.6 Å². The average Bonchev–Trinajstić information content (AvgIpc) is 2.93. The standard InChI is InChI=1S/C12H15F3N4O/c1-18-4-3-9(11(18)20)19-5-2-8-7(6-19)10(17-16-8)12(13,14)15/h9H,2-6H2,1H3,(H,16,17). The van der Waals surface area contributed by atoms with Gasteiger partial charge >= 0.3 is 6.18 Å². The molecule has 0 bridgehead atoms. The number of aromatic nitrogens is 2. The molecular weight excluding hydrogens is 273 g/mol. The third kappa shape index (κ3) is 2.07. The molecule has 3 rings (SSSR count). The van der Waals surface area contributed by atoms with Gasteiger partial charge in [-0.2, -0.15) is 18.3 Å². The molecule has 0 aliphatic carbocycles. The molecule has 2 aliphatic heterocycles. The summed E-state index contributed by atoms with van der Waals surface area (Å²) in [5, 5.41) is 5.86. The predicted octanol–water partition coefficient (Wildman–Crippen LogP) is 1.02. The van der Waals surface area contributed by atoms with Crippen LogP contribution in [0.3, 0.4) is 0 Å². The molecular formula is C12H15F3N4O. The first kappa shape index (κ1) is 13.4. The molecule has 1 aromatic heterocycles. The number of hydrogen-bond acceptors (Lipinski definition) is 3. The topological polar surface area (TPSA) is 52.2 Å². The van der Waals surface area contributed by atoms with Crippen molar-refractivity contribution >= 4 is 5.91 Å². The highest BCUT2D eigenvalue weighted by Gasteiger charge is 2.42. The highest BCUT2D eigenvalue weighted by molar-refractivity contribution is 5.83. The summed E-state index contributed by atoms with van der Waals surface area (Å²) in [4.78, 5) is 15.4. The normalized spacial score (nSPS) is 24.3. The molecule has 0 radical (unpaired) electrons. The number of fused-ring (bicyclic) bond motifs is 1. The van der Waals surface area contributed by atoms with Crippen LogP contribution in [0.25, 0.3) is 0 Å². The third-order valence-electron chi connectivity index (χ3n) is 4.07. The maximum absolute atomic E-state index is 12.9. The number of carbonyl (C=O) groups is 1. The quantitative estimate of drug-likeness (QED) is 0.839. The number of amides is 1. The summed E-state index contributed by atoms with van der Waals surface area (Å²) >= 11 is 0. The minimum Gasteiger partial charge on any atom is -0.344 e. The fraction of sp³-hybridized carbons (Fsp3) is 0.667. The molecule has 1 fully saturated rings. The van der Waals surface area contributed by atoms with Crippen LogP contribution < -0.4 is 0 Å². The fourth-order valence-corrected chi connectivity index (χ4v) is 2.96. The van der Waals surface area contributed by atoms with Crippen LogP contribution in [0.1, 0.15) is 23.4 Å². The number of H-pyrrole nitrogens is 1. The van der Waals surface area contributed by atoms with Gasteiger partial charge in [0, 0.05) is 44.4 Å². The molecule has 2 aliphatic rings. The lowest BCUT2D eigenvalue weighted by atomic mass is 10.0. The van der Waals surface area contributed by atoms with Gasteiger partial charge in [-0.05, 0) is 6.42 Å². The number of nitrogens with one attached hydrogen (secondary N) is 1. The first-order valence-electron chi connectivity index (χ1n) is 6.50. The Labute approximate surface area is 113 Å². The molecule has 3 heterocycles. The lowest BCUT2D eigenvalue weighted by Crippen LogP contribution is -2.43. The number of alkyl halides is 3. The van der Waals surface area contributed by atoms with Gasteiger partial charge in [-0.3, -0.25) is 14.8 Å². The number of likely N-dealkylation sites (N-methyl/N-ethyl adjacent to an activating group) is 1. The van der Waals surface area contributed by atoms with E-state index in [-0.39, 0.29) is 24.1 Å². The number of nitrogens with zero attached hydrogens (tertiary/aromatic N) is 3. The van der Waals surface area contributed by atoms with Gasteiger partial charge in [-0.25, -0.2) is 0 Å². The lowest BCUT2D eigenvalue weighted by Gasteiger charge is -2.31. The first-order chi connectivity index (χ1) is 9.38. The second-order valence-corrected chi connectivity index (χ2v) is 5.31. The second-order valence-electron chi connectivity index (χ2n) is 5.31. The van der Waals surface area contributed by atoms with Gasteiger partial charge in [-0.15, -0.1) is 0 Å². The molecule has 0 spiro atoms. The van der Waals surface area contributed by atoms with E-state index >= 15 is 0 Å². The first-order valence-corrected chi connectivity index (χ1v) is 6.50. The Kier molecular flexibility index (Phi) is 3.00. The Morgan fingerprint density at radius 3 is 2.70 bits per heavy atom. The molecule has 0 saturated carbocycles. The smallest absolute Gasteiger partial charge is 0.344 e. The van der Waals surface area contributed by atoms with Crippen molar-refractivity contribution < 1.29 is 18.0 Å². The highest BCUT2D eigenvalue weighted by atomic mass is 19.4. The molecule has 0 aromatic carbocycles. The van der Waals surface area contributed by atoms with Gasteiger partial charge in [0.05, 0.1) is 6.04 Å². The van der Waals surface area contributed by atoms with Gasteiger partial charge in [0.2, 0.25) is 5.91 Å². The molecule has 1 N–H and O–H groups in total. The fourth-order valence-electron chi connectivity index (χ4n) is 2.96. The summed E-state index contributed by atoms with van der Waals surface area (Å²) in [7, 11) is 1.72. The largest absolute Gasteiger partial charge is 0.435 e. The summed E-state index contributed by atoms with van der Waals surface area (Å²) in [6.45, 7) is 1.37. The Balaban J connectivity index is 1.85. The number of aromatic amines is 1. The van der Waals surface area contributed by atoms with Crippen LogP contribution in [-0.4, -0.2) is 52.1 Å². The van der Waals surface area contributed by atoms with Crippen LogP contribution in [-0.2, 0) is 23.9 Å². The third-order valence-corrected chi connectivity index (χ3v) is 4.07. The molecule has 5 nitrogen and oxygen atoms in total. The van der Waals surface area contributed by atoms with Crippen molar-refractivity contribution in [2.45, 2.75) is 31.6 Å². The summed E-state index contributed by atoms with van der Waals surface area (Å²) < 4.78 is 38.6. The van der Waals surface area contributed by atoms with Crippen molar-refractivity contribution in [1.29, 1.82) is 0 Å². The van der Waals surface area contributed by atoms with E-state index in [4.69, 9.17) is 0 Å². The molecule has 20 heavy (non-hydrogen) atoms. The molecule has 8 heteroatoms. The van der Waals surface area contributed by atoms with E-state index in [2.05, 4.69) is 10.2 Å². The number of hydrogen-bond donors (Lipinski definition) is 1. The SMILES string of the molecule is CN1CCC(N2CCc3[nH]nc(C(F)(F)F)c3C2)C1=O. The zero-order chi connectivity index (χ0) is 14.5. The number of carbonyl (C=O) groups excluding carboxylic acids is 1. The average molecular weight is 288 g/mol. The molecule has 1 unspecified atom stereocenters. The lowest BCUT2D eigenvalue weighted by molar-refractivity contribution is -0.142. The van der Waals surface area contributed by atoms with Gasteiger partial charge < -0.3 is 4.90 Å². The zero-order valence-electron chi connectivity index (χ0n) is 11.0. The minimum atomic E-state index is -4.45. The Morgan fingerprint density at radius 2 is 2.10 bits per heavy atom. The monoisotopic (exact) mass is 288 g/mol. The van der Waals surface area contributed by atoms with E-state index in [1.807, 2.05) is 4.90 Å². The zero-order valence-corrected chi connectivity index (χ0v) is 11.0. The van der Waals surface area contributed by atoms with Crippen molar-refractivity contribution in [2.24, 2.45) is 0 Å². The van der Waals surface area contributed by atoms with E-state index < -0.39 is 11.9 Å². The Morgan fingerprint density at radius 1 is 1.35 bits per heavy atom. The maximum atomic E-state index is 12.9. The van der Waals surface area contributed by atoms with Gasteiger partial charge in [0.15, 0.2) is 5.69 Å². The van der Waals surface area contributed by atoms with E-state index in [1.165, 1.54) is 0 Å². The predicted molar refractivity (Wildman–Crippen MR) is 63.7 cm³/mol. The van der Waals surface area contributed by atoms with Gasteiger partial charge in [0.1, 0.15) is 0 Å². The van der Waals surface area contributed by atoms with Crippen LogP contribution in [0.2, 0.25) is 0 Å². The number of rotatable bonds is 1. The molecule has 1 aromatic rings. The van der Waals surface area contributed by atoms with Crippen LogP contribution in [0, 0.1) is 0 Å². The molecule has 1 saturated heterocycles. The Bertz CT molecular complexity index is 539. The number of likely N-dealkylation sites (tertiary alicyclic amines) is 1. The summed E-state index contributed by atoms with van der Waals surface area (Å²) in [5.74, 6) is -0.00879. The van der Waals surface area contributed by atoms with Crippen molar-refractivity contribution in [3.63, 3.8) is 0 Å². The van der Waals surface area contributed by atoms with Gasteiger partial charge in [0.25, 0.3) is 0 Å². The maximum Gasteiger partial charge on any atom is 0.435 e. The second kappa shape index (κ2) is 4.47. The van der Waals surface area contributed by atoms with Gasteiger partial charge in [-0.1, -0.05) is 0 Å². The molecule has 1 atom stereocenters. The van der Waals surface area contributed by atoms with E-state index in [1.54, 1.807) is 11.9 Å². The summed E-state index contributed by atoms with van der Waals surface area (Å²) in [6, 6.07) is -0.302. The number of halogens is 3. The van der Waals surface area contributed by atoms with E-state index in [9.17, 15) is 18.0 Å². The Hall–Kier alpha value is -1.57. The van der Waals surface area contributed by atoms with Crippen LogP contribution in [0.15, 0.2) is 0 Å². The van der Waals surface area contributed by atoms with Crippen molar-refractivity contribution in [3.05, 3.63) is 17.0 Å². The van der Waals surface area contributed by atoms with Crippen LogP contribution >= 0.6 is 0 Å². The van der Waals surface area contributed by atoms with Crippen molar-refractivity contribution in [2.75, 3.05) is 20.1 Å². The van der Waals surface area contributed by atoms with Crippen LogP contribution in [0.4, 0.5) is 13.2 Å².